The summed E-state index contributed by atoms with van der Waals surface area (Å²) in [6.07, 6.45) is 0. The van der Waals surface area contributed by atoms with Crippen molar-refractivity contribution >= 4 is 10.0 Å². The van der Waals surface area contributed by atoms with Crippen LogP contribution in [0.5, 0.6) is 11.5 Å². The molecule has 33 heavy (non-hydrogen) atoms. The smallest absolute Gasteiger partial charge is 0.243 e. The molecule has 0 amide bonds. The Morgan fingerprint density at radius 1 is 0.939 bits per heavy atom. The van der Waals surface area contributed by atoms with Gasteiger partial charge in [-0.15, -0.1) is 0 Å². The topological polar surface area (TPSA) is 70.1 Å². The van der Waals surface area contributed by atoms with Gasteiger partial charge in [-0.05, 0) is 42.8 Å². The fourth-order valence-corrected chi connectivity index (χ4v) is 5.64. The molecule has 1 unspecified atom stereocenters. The largest absolute Gasteiger partial charge is 0.504 e. The number of sulfonamides is 1. The summed E-state index contributed by atoms with van der Waals surface area (Å²) in [5.41, 5.74) is 2.83. The third kappa shape index (κ3) is 4.73. The number of aromatic hydroxyl groups is 1. The summed E-state index contributed by atoms with van der Waals surface area (Å²) in [6.45, 7) is 3.52. The van der Waals surface area contributed by atoms with Crippen molar-refractivity contribution in [3.63, 3.8) is 0 Å². The number of halogens is 1. The first kappa shape index (κ1) is 23.2. The van der Waals surface area contributed by atoms with Crippen LogP contribution in [0.4, 0.5) is 4.39 Å². The molecule has 1 aliphatic rings. The molecule has 8 heteroatoms. The number of hydrogen-bond donors (Lipinski definition) is 1. The Labute approximate surface area is 193 Å². The minimum atomic E-state index is -3.71. The van der Waals surface area contributed by atoms with Crippen LogP contribution in [0.15, 0.2) is 71.6 Å². The molecule has 0 saturated carbocycles. The Bertz CT molecular complexity index is 1210. The Kier molecular flexibility index (Phi) is 6.69. The SMILES string of the molecule is COc1cccc(C(c2ccc(C)cc2)N2CCN(S(=O)(=O)c3ccc(F)cc3)CC2)c1O. The van der Waals surface area contributed by atoms with Crippen molar-refractivity contribution in [1.82, 2.24) is 9.21 Å². The molecule has 174 valence electrons. The predicted molar refractivity (Wildman–Crippen MR) is 124 cm³/mol. The molecule has 0 bridgehead atoms. The van der Waals surface area contributed by atoms with E-state index < -0.39 is 15.8 Å². The van der Waals surface area contributed by atoms with Crippen molar-refractivity contribution in [2.75, 3.05) is 33.3 Å². The van der Waals surface area contributed by atoms with Crippen molar-refractivity contribution in [1.29, 1.82) is 0 Å². The van der Waals surface area contributed by atoms with Crippen LogP contribution in [0.2, 0.25) is 0 Å². The lowest BCUT2D eigenvalue weighted by Crippen LogP contribution is -2.49. The van der Waals surface area contributed by atoms with E-state index in [9.17, 15) is 17.9 Å². The highest BCUT2D eigenvalue weighted by atomic mass is 32.2. The van der Waals surface area contributed by atoms with Crippen LogP contribution in [-0.4, -0.2) is 56.0 Å². The van der Waals surface area contributed by atoms with Gasteiger partial charge in [0.05, 0.1) is 18.0 Å². The molecule has 1 N–H and O–H groups in total. The van der Waals surface area contributed by atoms with Crippen molar-refractivity contribution in [2.24, 2.45) is 0 Å². The van der Waals surface area contributed by atoms with E-state index in [4.69, 9.17) is 4.74 Å². The summed E-state index contributed by atoms with van der Waals surface area (Å²) >= 11 is 0. The Hall–Kier alpha value is -2.94. The molecule has 1 fully saturated rings. The van der Waals surface area contributed by atoms with Crippen LogP contribution >= 0.6 is 0 Å². The fourth-order valence-electron chi connectivity index (χ4n) is 4.22. The molecule has 0 radical (unpaired) electrons. The molecule has 1 heterocycles. The Morgan fingerprint density at radius 3 is 2.18 bits per heavy atom. The van der Waals surface area contributed by atoms with Gasteiger partial charge in [0.1, 0.15) is 5.82 Å². The van der Waals surface area contributed by atoms with Gasteiger partial charge in [0, 0.05) is 31.7 Å². The third-order valence-electron chi connectivity index (χ3n) is 6.03. The highest BCUT2D eigenvalue weighted by Gasteiger charge is 2.33. The van der Waals surface area contributed by atoms with E-state index in [0.29, 0.717) is 24.4 Å². The fraction of sp³-hybridized carbons (Fsp3) is 0.280. The number of aryl methyl sites for hydroxylation is 1. The van der Waals surface area contributed by atoms with Crippen molar-refractivity contribution in [3.05, 3.63) is 89.2 Å². The van der Waals surface area contributed by atoms with Crippen LogP contribution < -0.4 is 4.74 Å². The Morgan fingerprint density at radius 2 is 1.58 bits per heavy atom. The van der Waals surface area contributed by atoms with Gasteiger partial charge in [0.15, 0.2) is 11.5 Å². The molecule has 0 aromatic heterocycles. The standard InChI is InChI=1S/C25H27FN2O4S/c1-18-6-8-19(9-7-18)24(22-4-3-5-23(32-2)25(22)29)27-14-16-28(17-15-27)33(30,31)21-12-10-20(26)11-13-21/h3-13,24,29H,14-17H2,1-2H3. The van der Waals surface area contributed by atoms with Gasteiger partial charge < -0.3 is 9.84 Å². The van der Waals surface area contributed by atoms with Gasteiger partial charge in [-0.25, -0.2) is 12.8 Å². The number of methoxy groups -OCH3 is 1. The molecular weight excluding hydrogens is 443 g/mol. The number of piperazine rings is 1. The zero-order valence-corrected chi connectivity index (χ0v) is 19.4. The highest BCUT2D eigenvalue weighted by Crippen LogP contribution is 2.40. The second-order valence-corrected chi connectivity index (χ2v) is 10.0. The molecule has 3 aromatic carbocycles. The quantitative estimate of drug-likeness (QED) is 0.591. The number of rotatable bonds is 6. The maximum absolute atomic E-state index is 13.2. The molecule has 4 rings (SSSR count). The van der Waals surface area contributed by atoms with E-state index >= 15 is 0 Å². The minimum Gasteiger partial charge on any atom is -0.504 e. The van der Waals surface area contributed by atoms with Gasteiger partial charge >= 0.3 is 0 Å². The zero-order chi connectivity index (χ0) is 23.6. The maximum Gasteiger partial charge on any atom is 0.243 e. The second-order valence-electron chi connectivity index (χ2n) is 8.11. The molecular formula is C25H27FN2O4S. The number of para-hydroxylation sites is 1. The first-order chi connectivity index (χ1) is 15.8. The van der Waals surface area contributed by atoms with E-state index in [1.54, 1.807) is 6.07 Å². The van der Waals surface area contributed by atoms with Crippen molar-refractivity contribution < 1.29 is 22.7 Å². The predicted octanol–water partition coefficient (Wildman–Crippen LogP) is 3.94. The van der Waals surface area contributed by atoms with E-state index in [2.05, 4.69) is 4.90 Å². The summed E-state index contributed by atoms with van der Waals surface area (Å²) in [5, 5.41) is 10.9. The van der Waals surface area contributed by atoms with E-state index in [1.807, 2.05) is 43.3 Å². The first-order valence-corrected chi connectivity index (χ1v) is 12.2. The number of benzene rings is 3. The summed E-state index contributed by atoms with van der Waals surface area (Å²) < 4.78 is 46.0. The average Bonchev–Trinajstić information content (AvgIpc) is 2.82. The number of phenols is 1. The van der Waals surface area contributed by atoms with E-state index in [-0.39, 0.29) is 29.8 Å². The second kappa shape index (κ2) is 9.51. The lowest BCUT2D eigenvalue weighted by atomic mass is 9.94. The van der Waals surface area contributed by atoms with Crippen LogP contribution in [0.1, 0.15) is 22.7 Å². The van der Waals surface area contributed by atoms with E-state index in [1.165, 1.54) is 23.5 Å². The Balaban J connectivity index is 1.62. The lowest BCUT2D eigenvalue weighted by molar-refractivity contribution is 0.154. The van der Waals surface area contributed by atoms with Crippen molar-refractivity contribution in [3.8, 4) is 11.5 Å². The van der Waals surface area contributed by atoms with E-state index in [0.717, 1.165) is 23.3 Å². The van der Waals surface area contributed by atoms with Crippen LogP contribution in [-0.2, 0) is 10.0 Å². The van der Waals surface area contributed by atoms with Crippen LogP contribution in [0, 0.1) is 12.7 Å². The van der Waals surface area contributed by atoms with Gasteiger partial charge in [-0.2, -0.15) is 4.31 Å². The molecule has 6 nitrogen and oxygen atoms in total. The minimum absolute atomic E-state index is 0.0759. The third-order valence-corrected chi connectivity index (χ3v) is 7.94. The molecule has 1 atom stereocenters. The molecule has 0 aliphatic carbocycles. The van der Waals surface area contributed by atoms with Crippen molar-refractivity contribution in [2.45, 2.75) is 17.9 Å². The summed E-state index contributed by atoms with van der Waals surface area (Å²) in [5.74, 6) is -0.00752. The lowest BCUT2D eigenvalue weighted by Gasteiger charge is -2.39. The maximum atomic E-state index is 13.2. The highest BCUT2D eigenvalue weighted by molar-refractivity contribution is 7.89. The molecule has 1 saturated heterocycles. The summed E-state index contributed by atoms with van der Waals surface area (Å²) in [6, 6.07) is 18.1. The van der Waals surface area contributed by atoms with Crippen LogP contribution in [0.25, 0.3) is 0 Å². The number of nitrogens with zero attached hydrogens (tertiary/aromatic N) is 2. The number of phenolic OH excluding ortho intramolecular Hbond substituents is 1. The number of ether oxygens (including phenoxy) is 1. The monoisotopic (exact) mass is 470 g/mol. The molecule has 3 aromatic rings. The van der Waals surface area contributed by atoms with Crippen LogP contribution in [0.3, 0.4) is 0 Å². The summed E-state index contributed by atoms with van der Waals surface area (Å²) in [7, 11) is -2.20. The van der Waals surface area contributed by atoms with Gasteiger partial charge in [0.2, 0.25) is 10.0 Å². The zero-order valence-electron chi connectivity index (χ0n) is 18.6. The number of hydrogen-bond acceptors (Lipinski definition) is 5. The molecule has 0 spiro atoms. The average molecular weight is 471 g/mol. The van der Waals surface area contributed by atoms with Gasteiger partial charge in [-0.1, -0.05) is 42.0 Å². The summed E-state index contributed by atoms with van der Waals surface area (Å²) in [4.78, 5) is 2.24. The van der Waals surface area contributed by atoms with Gasteiger partial charge in [-0.3, -0.25) is 4.90 Å². The molecule has 1 aliphatic heterocycles. The first-order valence-electron chi connectivity index (χ1n) is 10.7. The van der Waals surface area contributed by atoms with Gasteiger partial charge in [0.25, 0.3) is 0 Å². The normalized spacial score (nSPS) is 16.5.